The zero-order valence-corrected chi connectivity index (χ0v) is 20.3. The number of ether oxygens (including phenoxy) is 2. The minimum Gasteiger partial charge on any atom is -0.491 e. The average molecular weight is 506 g/mol. The molecule has 0 radical (unpaired) electrons. The third kappa shape index (κ3) is 7.32. The van der Waals surface area contributed by atoms with Gasteiger partial charge in [0.1, 0.15) is 23.7 Å². The van der Waals surface area contributed by atoms with Gasteiger partial charge in [-0.05, 0) is 44.4 Å². The molecular weight excluding hydrogens is 480 g/mol. The van der Waals surface area contributed by atoms with Crippen LogP contribution < -0.4 is 15.4 Å². The summed E-state index contributed by atoms with van der Waals surface area (Å²) in [7, 11) is 5.11. The maximum atomic E-state index is 14.4. The Labute approximate surface area is 206 Å². The predicted molar refractivity (Wildman–Crippen MR) is 133 cm³/mol. The van der Waals surface area contributed by atoms with Crippen LogP contribution in [-0.2, 0) is 9.53 Å². The summed E-state index contributed by atoms with van der Waals surface area (Å²) >= 11 is 5.88. The van der Waals surface area contributed by atoms with Gasteiger partial charge < -0.3 is 25.0 Å². The SMILES string of the molecule is COCCCOc1cc2ncnc(Nc3ccc(F)c(Cl)c3)c2cc1NC(=O)/C(F)=C/CN(C)C. The lowest BCUT2D eigenvalue weighted by Gasteiger charge is -2.15. The number of nitrogens with one attached hydrogen (secondary N) is 2. The molecule has 0 fully saturated rings. The molecule has 3 aromatic rings. The number of nitrogens with zero attached hydrogens (tertiary/aromatic N) is 3. The third-order valence-electron chi connectivity index (χ3n) is 4.77. The van der Waals surface area contributed by atoms with E-state index in [2.05, 4.69) is 20.6 Å². The fourth-order valence-corrected chi connectivity index (χ4v) is 3.21. The number of halogens is 3. The molecule has 11 heteroatoms. The Morgan fingerprint density at radius 3 is 2.71 bits per heavy atom. The fourth-order valence-electron chi connectivity index (χ4n) is 3.03. The topological polar surface area (TPSA) is 88.6 Å². The summed E-state index contributed by atoms with van der Waals surface area (Å²) in [4.78, 5) is 22.7. The predicted octanol–water partition coefficient (Wildman–Crippen LogP) is 4.93. The highest BCUT2D eigenvalue weighted by Crippen LogP contribution is 2.34. The molecule has 0 aliphatic carbocycles. The van der Waals surface area contributed by atoms with Gasteiger partial charge in [0.25, 0.3) is 5.91 Å². The largest absolute Gasteiger partial charge is 0.491 e. The molecule has 1 aromatic heterocycles. The van der Waals surface area contributed by atoms with E-state index in [1.807, 2.05) is 0 Å². The van der Waals surface area contributed by atoms with Crippen LogP contribution in [0, 0.1) is 5.82 Å². The van der Waals surface area contributed by atoms with Gasteiger partial charge in [-0.1, -0.05) is 11.6 Å². The molecule has 0 atom stereocenters. The average Bonchev–Trinajstić information content (AvgIpc) is 2.83. The highest BCUT2D eigenvalue weighted by Gasteiger charge is 2.16. The molecule has 0 aliphatic heterocycles. The van der Waals surface area contributed by atoms with Crippen molar-refractivity contribution < 1.29 is 23.0 Å². The van der Waals surface area contributed by atoms with Crippen LogP contribution in [0.25, 0.3) is 10.9 Å². The quantitative estimate of drug-likeness (QED) is 0.282. The first-order valence-corrected chi connectivity index (χ1v) is 11.1. The summed E-state index contributed by atoms with van der Waals surface area (Å²) in [6, 6.07) is 7.38. The molecule has 0 spiro atoms. The number of hydrogen-bond acceptors (Lipinski definition) is 7. The zero-order valence-electron chi connectivity index (χ0n) is 19.6. The number of carbonyl (C=O) groups excluding carboxylic acids is 1. The molecule has 8 nitrogen and oxygen atoms in total. The van der Waals surface area contributed by atoms with Crippen molar-refractivity contribution in [3.63, 3.8) is 0 Å². The lowest BCUT2D eigenvalue weighted by Crippen LogP contribution is -2.16. The van der Waals surface area contributed by atoms with Crippen LogP contribution in [0.2, 0.25) is 5.02 Å². The first-order chi connectivity index (χ1) is 16.8. The van der Waals surface area contributed by atoms with Crippen LogP contribution in [0.5, 0.6) is 5.75 Å². The van der Waals surface area contributed by atoms with E-state index in [-0.39, 0.29) is 17.3 Å². The second kappa shape index (κ2) is 12.4. The molecule has 2 aromatic carbocycles. The van der Waals surface area contributed by atoms with Gasteiger partial charge in [-0.15, -0.1) is 0 Å². The van der Waals surface area contributed by atoms with E-state index < -0.39 is 17.6 Å². The molecule has 1 heterocycles. The normalized spacial score (nSPS) is 11.7. The molecule has 0 saturated heterocycles. The second-order valence-electron chi connectivity index (χ2n) is 7.80. The van der Waals surface area contributed by atoms with Crippen LogP contribution >= 0.6 is 11.6 Å². The van der Waals surface area contributed by atoms with Gasteiger partial charge in [-0.2, -0.15) is 0 Å². The monoisotopic (exact) mass is 505 g/mol. The summed E-state index contributed by atoms with van der Waals surface area (Å²) in [5, 5.41) is 6.10. The summed E-state index contributed by atoms with van der Waals surface area (Å²) < 4.78 is 38.8. The van der Waals surface area contributed by atoms with Crippen molar-refractivity contribution in [3.05, 3.63) is 59.4 Å². The van der Waals surface area contributed by atoms with E-state index in [1.54, 1.807) is 38.2 Å². The molecule has 0 unspecified atom stereocenters. The molecule has 3 rings (SSSR count). The van der Waals surface area contributed by atoms with E-state index >= 15 is 0 Å². The van der Waals surface area contributed by atoms with E-state index in [9.17, 15) is 13.6 Å². The summed E-state index contributed by atoms with van der Waals surface area (Å²) in [6.07, 6.45) is 3.15. The highest BCUT2D eigenvalue weighted by molar-refractivity contribution is 6.31. The minimum atomic E-state index is -0.923. The Hall–Kier alpha value is -3.34. The number of anilines is 3. The molecule has 0 saturated carbocycles. The van der Waals surface area contributed by atoms with Crippen LogP contribution in [0.4, 0.5) is 26.0 Å². The smallest absolute Gasteiger partial charge is 0.284 e. The second-order valence-corrected chi connectivity index (χ2v) is 8.21. The molecular formula is C24H26ClF2N5O3. The number of hydrogen-bond donors (Lipinski definition) is 2. The summed E-state index contributed by atoms with van der Waals surface area (Å²) in [6.45, 7) is 1.07. The van der Waals surface area contributed by atoms with Crippen LogP contribution in [0.1, 0.15) is 6.42 Å². The molecule has 2 N–H and O–H groups in total. The van der Waals surface area contributed by atoms with Gasteiger partial charge >= 0.3 is 0 Å². The van der Waals surface area contributed by atoms with Crippen molar-refractivity contribution in [2.75, 3.05) is 51.6 Å². The van der Waals surface area contributed by atoms with E-state index in [1.165, 1.54) is 30.6 Å². The Balaban J connectivity index is 1.97. The molecule has 1 amide bonds. The van der Waals surface area contributed by atoms with Crippen molar-refractivity contribution in [1.82, 2.24) is 14.9 Å². The first-order valence-electron chi connectivity index (χ1n) is 10.7. The molecule has 0 aliphatic rings. The Kier molecular flexibility index (Phi) is 9.30. The van der Waals surface area contributed by atoms with E-state index in [4.69, 9.17) is 21.1 Å². The number of methoxy groups -OCH3 is 1. The van der Waals surface area contributed by atoms with E-state index in [0.717, 1.165) is 0 Å². The number of amides is 1. The lowest BCUT2D eigenvalue weighted by atomic mass is 10.1. The highest BCUT2D eigenvalue weighted by atomic mass is 35.5. The summed E-state index contributed by atoms with van der Waals surface area (Å²) in [5.74, 6) is -1.69. The Bertz CT molecular complexity index is 1220. The first kappa shape index (κ1) is 26.3. The Morgan fingerprint density at radius 2 is 2.00 bits per heavy atom. The number of aromatic nitrogens is 2. The maximum absolute atomic E-state index is 14.4. The maximum Gasteiger partial charge on any atom is 0.284 e. The van der Waals surface area contributed by atoms with Crippen molar-refractivity contribution >= 4 is 45.6 Å². The summed E-state index contributed by atoms with van der Waals surface area (Å²) in [5.41, 5.74) is 1.25. The number of rotatable bonds is 11. The van der Waals surface area contributed by atoms with Gasteiger partial charge in [0, 0.05) is 43.8 Å². The number of carbonyl (C=O) groups is 1. The van der Waals surface area contributed by atoms with Crippen LogP contribution in [-0.4, -0.2) is 61.7 Å². The fraction of sp³-hybridized carbons (Fsp3) is 0.292. The van der Waals surface area contributed by atoms with Gasteiger partial charge in [0.05, 0.1) is 22.8 Å². The number of likely N-dealkylation sites (N-methyl/N-ethyl adjacent to an activating group) is 1. The van der Waals surface area contributed by atoms with Gasteiger partial charge in [-0.25, -0.2) is 18.7 Å². The molecule has 35 heavy (non-hydrogen) atoms. The van der Waals surface area contributed by atoms with E-state index in [0.29, 0.717) is 47.8 Å². The van der Waals surface area contributed by atoms with Gasteiger partial charge in [-0.3, -0.25) is 4.79 Å². The zero-order chi connectivity index (χ0) is 25.4. The van der Waals surface area contributed by atoms with Crippen molar-refractivity contribution in [2.45, 2.75) is 6.42 Å². The number of fused-ring (bicyclic) bond motifs is 1. The Morgan fingerprint density at radius 1 is 1.20 bits per heavy atom. The lowest BCUT2D eigenvalue weighted by molar-refractivity contribution is -0.114. The van der Waals surface area contributed by atoms with Crippen molar-refractivity contribution in [3.8, 4) is 5.75 Å². The third-order valence-corrected chi connectivity index (χ3v) is 5.06. The number of benzene rings is 2. The molecule has 186 valence electrons. The van der Waals surface area contributed by atoms with Crippen molar-refractivity contribution in [2.24, 2.45) is 0 Å². The van der Waals surface area contributed by atoms with Crippen LogP contribution in [0.3, 0.4) is 0 Å². The minimum absolute atomic E-state index is 0.0481. The van der Waals surface area contributed by atoms with Gasteiger partial charge in [0.2, 0.25) is 0 Å². The van der Waals surface area contributed by atoms with Crippen molar-refractivity contribution in [1.29, 1.82) is 0 Å². The molecule has 0 bridgehead atoms. The standard InChI is InChI=1S/C24H26ClF2N5O3/c1-32(2)8-7-19(27)24(33)31-21-12-16-20(13-22(21)35-10-4-9-34-3)28-14-29-23(16)30-15-5-6-18(26)17(25)11-15/h5-7,11-14H,4,8-10H2,1-3H3,(H,31,33)(H,28,29,30)/b19-7-. The van der Waals surface area contributed by atoms with Gasteiger partial charge in [0.15, 0.2) is 5.83 Å². The van der Waals surface area contributed by atoms with Crippen LogP contribution in [0.15, 0.2) is 48.6 Å².